The number of carboxylic acid groups (broad SMARTS) is 1. The molecule has 2 aromatic carbocycles. The van der Waals surface area contributed by atoms with Crippen LogP contribution in [0.2, 0.25) is 0 Å². The molecule has 0 saturated heterocycles. The smallest absolute Gasteiger partial charge is 0.339 e. The van der Waals surface area contributed by atoms with Gasteiger partial charge in [0.05, 0.1) is 0 Å². The Hall–Kier alpha value is -2.70. The monoisotopic (exact) mass is 358 g/mol. The number of ether oxygens (including phenoxy) is 1. The van der Waals surface area contributed by atoms with E-state index in [0.717, 1.165) is 0 Å². The number of rotatable bonds is 8. The molecule has 2 rings (SSSR count). The Labute approximate surface area is 151 Å². The Bertz CT molecular complexity index is 689. The molecule has 0 aromatic heterocycles. The van der Waals surface area contributed by atoms with Gasteiger partial charge in [-0.1, -0.05) is 74.0 Å². The Kier molecular flexibility index (Phi) is 6.49. The van der Waals surface area contributed by atoms with Crippen LogP contribution in [0.5, 0.6) is 0 Å². The Morgan fingerprint density at radius 3 is 1.77 bits per heavy atom. The van der Waals surface area contributed by atoms with E-state index in [1.165, 1.54) is 0 Å². The highest BCUT2D eigenvalue weighted by Gasteiger charge is 2.41. The fourth-order valence-corrected chi connectivity index (χ4v) is 2.89. The number of carbonyl (C=O) groups excluding carboxylic acids is 1. The van der Waals surface area contributed by atoms with E-state index in [4.69, 9.17) is 9.84 Å². The van der Waals surface area contributed by atoms with Gasteiger partial charge in [0.25, 0.3) is 0 Å². The van der Waals surface area contributed by atoms with Crippen LogP contribution in [0.25, 0.3) is 0 Å². The molecular weight excluding hydrogens is 336 g/mol. The van der Waals surface area contributed by atoms with E-state index in [2.05, 4.69) is 0 Å². The number of carboxylic acids is 1. The number of benzene rings is 2. The van der Waals surface area contributed by atoms with Crippen LogP contribution in [0.4, 0.5) is 0 Å². The minimum atomic E-state index is -2.26. The predicted octanol–water partition coefficient (Wildman–Crippen LogP) is 2.08. The van der Waals surface area contributed by atoms with Crippen molar-refractivity contribution in [2.24, 2.45) is 0 Å². The highest BCUT2D eigenvalue weighted by molar-refractivity contribution is 5.84. The maximum atomic E-state index is 12.4. The van der Waals surface area contributed by atoms with Crippen molar-refractivity contribution in [2.75, 3.05) is 0 Å². The first-order valence-electron chi connectivity index (χ1n) is 8.35. The lowest BCUT2D eigenvalue weighted by Crippen LogP contribution is -2.45. The number of esters is 1. The van der Waals surface area contributed by atoms with Crippen LogP contribution in [-0.2, 0) is 19.9 Å². The topological polar surface area (TPSA) is 104 Å². The molecule has 0 aliphatic heterocycles. The number of hydrogen-bond acceptors (Lipinski definition) is 5. The van der Waals surface area contributed by atoms with Gasteiger partial charge in [0.1, 0.15) is 0 Å². The van der Waals surface area contributed by atoms with Crippen molar-refractivity contribution < 1.29 is 29.6 Å². The third-order valence-corrected chi connectivity index (χ3v) is 4.15. The molecule has 0 aliphatic rings. The molecule has 0 saturated carbocycles. The molecule has 6 nitrogen and oxygen atoms in total. The third-order valence-electron chi connectivity index (χ3n) is 4.15. The summed E-state index contributed by atoms with van der Waals surface area (Å²) in [5.74, 6) is -2.89. The molecule has 26 heavy (non-hydrogen) atoms. The molecule has 0 fully saturated rings. The summed E-state index contributed by atoms with van der Waals surface area (Å²) < 4.78 is 5.67. The molecular formula is C20H22O6. The van der Waals surface area contributed by atoms with Gasteiger partial charge in [-0.25, -0.2) is 9.59 Å². The van der Waals surface area contributed by atoms with Gasteiger partial charge in [-0.05, 0) is 6.42 Å². The van der Waals surface area contributed by atoms with Crippen LogP contribution < -0.4 is 0 Å². The summed E-state index contributed by atoms with van der Waals surface area (Å²) in [7, 11) is 0. The summed E-state index contributed by atoms with van der Waals surface area (Å²) in [6, 6.07) is 18.1. The second-order valence-electron chi connectivity index (χ2n) is 5.96. The summed E-state index contributed by atoms with van der Waals surface area (Å²) in [6.07, 6.45) is -3.36. The highest BCUT2D eigenvalue weighted by atomic mass is 16.6. The minimum Gasteiger partial charge on any atom is -0.479 e. The van der Waals surface area contributed by atoms with Gasteiger partial charge in [0.15, 0.2) is 17.8 Å². The van der Waals surface area contributed by atoms with Gasteiger partial charge in [-0.3, -0.25) is 0 Å². The molecule has 0 bridgehead atoms. The van der Waals surface area contributed by atoms with Crippen molar-refractivity contribution >= 4 is 11.9 Å². The average molecular weight is 358 g/mol. The molecule has 6 heteroatoms. The fourth-order valence-electron chi connectivity index (χ4n) is 2.89. The second kappa shape index (κ2) is 8.60. The van der Waals surface area contributed by atoms with Crippen LogP contribution in [0.15, 0.2) is 60.7 Å². The number of aliphatic hydroxyl groups excluding tert-OH is 2. The van der Waals surface area contributed by atoms with Gasteiger partial charge in [0, 0.05) is 11.1 Å². The second-order valence-corrected chi connectivity index (χ2v) is 5.96. The number of aliphatic carboxylic acids is 1. The van der Waals surface area contributed by atoms with Gasteiger partial charge < -0.3 is 20.1 Å². The van der Waals surface area contributed by atoms with Crippen molar-refractivity contribution in [1.82, 2.24) is 0 Å². The summed E-state index contributed by atoms with van der Waals surface area (Å²) in [4.78, 5) is 23.3. The van der Waals surface area contributed by atoms with E-state index < -0.39 is 29.7 Å². The van der Waals surface area contributed by atoms with Crippen molar-refractivity contribution in [3.05, 3.63) is 71.8 Å². The number of hydrogen-bond donors (Lipinski definition) is 3. The van der Waals surface area contributed by atoms with E-state index in [9.17, 15) is 19.8 Å². The Morgan fingerprint density at radius 1 is 0.923 bits per heavy atom. The van der Waals surface area contributed by atoms with Crippen molar-refractivity contribution in [1.29, 1.82) is 0 Å². The molecule has 0 spiro atoms. The maximum Gasteiger partial charge on any atom is 0.339 e. The summed E-state index contributed by atoms with van der Waals surface area (Å²) >= 11 is 0. The van der Waals surface area contributed by atoms with Crippen LogP contribution >= 0.6 is 0 Å². The normalized spacial score (nSPS) is 13.7. The molecule has 0 amide bonds. The lowest BCUT2D eigenvalue weighted by molar-refractivity contribution is -0.179. The summed E-state index contributed by atoms with van der Waals surface area (Å²) in [6.45, 7) is 1.93. The van der Waals surface area contributed by atoms with Gasteiger partial charge in [0.2, 0.25) is 0 Å². The zero-order valence-electron chi connectivity index (χ0n) is 14.4. The SMILES string of the molecule is CCCC(OC(=O)C(O)C(O)C(=O)O)(c1ccccc1)c1ccccc1. The number of carbonyl (C=O) groups is 2. The first kappa shape index (κ1) is 19.6. The zero-order chi connectivity index (χ0) is 19.2. The first-order valence-corrected chi connectivity index (χ1v) is 8.35. The van der Waals surface area contributed by atoms with Crippen molar-refractivity contribution in [3.63, 3.8) is 0 Å². The number of aliphatic hydroxyl groups is 2. The lowest BCUT2D eigenvalue weighted by Gasteiger charge is -2.35. The van der Waals surface area contributed by atoms with E-state index in [1.807, 2.05) is 19.1 Å². The zero-order valence-corrected chi connectivity index (χ0v) is 14.4. The van der Waals surface area contributed by atoms with E-state index in [-0.39, 0.29) is 0 Å². The van der Waals surface area contributed by atoms with Crippen molar-refractivity contribution in [2.45, 2.75) is 37.6 Å². The van der Waals surface area contributed by atoms with Gasteiger partial charge >= 0.3 is 11.9 Å². The molecule has 0 aliphatic carbocycles. The molecule has 3 N–H and O–H groups in total. The molecule has 0 radical (unpaired) electrons. The maximum absolute atomic E-state index is 12.4. The van der Waals surface area contributed by atoms with E-state index in [0.29, 0.717) is 24.0 Å². The average Bonchev–Trinajstić information content (AvgIpc) is 2.67. The van der Waals surface area contributed by atoms with Crippen LogP contribution in [0.1, 0.15) is 30.9 Å². The Morgan fingerprint density at radius 2 is 1.38 bits per heavy atom. The van der Waals surface area contributed by atoms with Crippen LogP contribution in [0.3, 0.4) is 0 Å². The lowest BCUT2D eigenvalue weighted by atomic mass is 9.82. The third kappa shape index (κ3) is 4.09. The molecule has 2 aromatic rings. The standard InChI is InChI=1S/C20H22O6/c1-2-13-20(14-9-5-3-6-10-14,15-11-7-4-8-12-15)26-19(25)17(22)16(21)18(23)24/h3-12,16-17,21-22H,2,13H2,1H3,(H,23,24). The first-order chi connectivity index (χ1) is 12.4. The predicted molar refractivity (Wildman–Crippen MR) is 94.3 cm³/mol. The largest absolute Gasteiger partial charge is 0.479 e. The quantitative estimate of drug-likeness (QED) is 0.624. The fraction of sp³-hybridized carbons (Fsp3) is 0.300. The Balaban J connectivity index is 2.50. The summed E-state index contributed by atoms with van der Waals surface area (Å²) in [5, 5.41) is 28.2. The summed E-state index contributed by atoms with van der Waals surface area (Å²) in [5.41, 5.74) is 0.185. The van der Waals surface area contributed by atoms with Crippen molar-refractivity contribution in [3.8, 4) is 0 Å². The molecule has 0 heterocycles. The van der Waals surface area contributed by atoms with Crippen LogP contribution in [-0.4, -0.2) is 39.5 Å². The molecule has 2 atom stereocenters. The minimum absolute atomic E-state index is 0.419. The van der Waals surface area contributed by atoms with E-state index in [1.54, 1.807) is 48.5 Å². The molecule has 2 unspecified atom stereocenters. The van der Waals surface area contributed by atoms with E-state index >= 15 is 0 Å². The molecule has 138 valence electrons. The van der Waals surface area contributed by atoms with Crippen LogP contribution in [0, 0.1) is 0 Å². The van der Waals surface area contributed by atoms with Gasteiger partial charge in [-0.2, -0.15) is 0 Å². The van der Waals surface area contributed by atoms with Gasteiger partial charge in [-0.15, -0.1) is 0 Å². The highest BCUT2D eigenvalue weighted by Crippen LogP contribution is 2.38.